The summed E-state index contributed by atoms with van der Waals surface area (Å²) in [7, 11) is 0. The van der Waals surface area contributed by atoms with Gasteiger partial charge in [0.05, 0.1) is 0 Å². The average Bonchev–Trinajstić information content (AvgIpc) is 2.58. The van der Waals surface area contributed by atoms with Crippen molar-refractivity contribution in [3.8, 4) is 0 Å². The van der Waals surface area contributed by atoms with Crippen LogP contribution in [0, 0.1) is 6.92 Å². The summed E-state index contributed by atoms with van der Waals surface area (Å²) in [6.45, 7) is 6.75. The Balaban J connectivity index is 2.58. The van der Waals surface area contributed by atoms with Gasteiger partial charge in [0.15, 0.2) is 0 Å². The predicted octanol–water partition coefficient (Wildman–Crippen LogP) is 1.93. The van der Waals surface area contributed by atoms with Gasteiger partial charge in [-0.25, -0.2) is 0 Å². The number of nitrogens with zero attached hydrogens (tertiary/aromatic N) is 3. The molecule has 90 valence electrons. The number of anilines is 1. The minimum Gasteiger partial charge on any atom is -0.481 e. The van der Waals surface area contributed by atoms with Crippen molar-refractivity contribution in [2.24, 2.45) is 0 Å². The highest BCUT2D eigenvalue weighted by atomic mass is 32.1. The van der Waals surface area contributed by atoms with Crippen molar-refractivity contribution in [1.82, 2.24) is 10.2 Å². The van der Waals surface area contributed by atoms with Gasteiger partial charge in [0.2, 0.25) is 5.13 Å². The fourth-order valence-corrected chi connectivity index (χ4v) is 2.22. The van der Waals surface area contributed by atoms with Crippen LogP contribution in [0.2, 0.25) is 0 Å². The summed E-state index contributed by atoms with van der Waals surface area (Å²) in [5.74, 6) is -0.753. The second kappa shape index (κ2) is 5.79. The molecule has 0 aliphatic heterocycles. The van der Waals surface area contributed by atoms with Gasteiger partial charge in [0, 0.05) is 19.0 Å². The first kappa shape index (κ1) is 12.9. The maximum Gasteiger partial charge on any atom is 0.303 e. The van der Waals surface area contributed by atoms with Crippen molar-refractivity contribution in [1.29, 1.82) is 0 Å². The number of rotatable bonds is 6. The molecule has 1 N–H and O–H groups in total. The van der Waals surface area contributed by atoms with E-state index in [0.717, 1.165) is 10.1 Å². The van der Waals surface area contributed by atoms with Gasteiger partial charge in [-0.15, -0.1) is 10.2 Å². The molecule has 0 aliphatic rings. The molecule has 0 radical (unpaired) electrons. The lowest BCUT2D eigenvalue weighted by atomic mass is 10.2. The number of aryl methyl sites for hydroxylation is 1. The molecule has 1 aromatic heterocycles. The quantitative estimate of drug-likeness (QED) is 0.827. The zero-order valence-electron chi connectivity index (χ0n) is 9.80. The molecule has 0 fully saturated rings. The molecule has 16 heavy (non-hydrogen) atoms. The number of carbonyl (C=O) groups is 1. The summed E-state index contributed by atoms with van der Waals surface area (Å²) in [5, 5.41) is 18.5. The first-order valence-electron chi connectivity index (χ1n) is 5.29. The predicted molar refractivity (Wildman–Crippen MR) is 64.0 cm³/mol. The fraction of sp³-hybridized carbons (Fsp3) is 0.700. The molecule has 0 saturated carbocycles. The largest absolute Gasteiger partial charge is 0.481 e. The summed E-state index contributed by atoms with van der Waals surface area (Å²) >= 11 is 1.54. The number of hydrogen-bond donors (Lipinski definition) is 1. The third kappa shape index (κ3) is 3.77. The van der Waals surface area contributed by atoms with Gasteiger partial charge >= 0.3 is 5.97 Å². The summed E-state index contributed by atoms with van der Waals surface area (Å²) in [6.07, 6.45) is 0.827. The molecule has 0 amide bonds. The Labute approximate surface area is 99.1 Å². The highest BCUT2D eigenvalue weighted by Crippen LogP contribution is 2.21. The van der Waals surface area contributed by atoms with E-state index < -0.39 is 5.97 Å². The Morgan fingerprint density at radius 3 is 2.62 bits per heavy atom. The smallest absolute Gasteiger partial charge is 0.303 e. The molecule has 0 aliphatic carbocycles. The van der Waals surface area contributed by atoms with E-state index in [4.69, 9.17) is 5.11 Å². The van der Waals surface area contributed by atoms with Crippen molar-refractivity contribution < 1.29 is 9.90 Å². The van der Waals surface area contributed by atoms with Crippen LogP contribution in [-0.2, 0) is 4.79 Å². The summed E-state index contributed by atoms with van der Waals surface area (Å²) in [4.78, 5) is 12.5. The summed E-state index contributed by atoms with van der Waals surface area (Å²) in [6, 6.07) is 0.307. The van der Waals surface area contributed by atoms with Crippen LogP contribution in [0.4, 0.5) is 5.13 Å². The minimum absolute atomic E-state index is 0.195. The highest BCUT2D eigenvalue weighted by molar-refractivity contribution is 7.15. The highest BCUT2D eigenvalue weighted by Gasteiger charge is 2.14. The van der Waals surface area contributed by atoms with Gasteiger partial charge < -0.3 is 10.0 Å². The Bertz CT molecular complexity index is 352. The molecule has 0 aromatic carbocycles. The van der Waals surface area contributed by atoms with E-state index in [-0.39, 0.29) is 6.42 Å². The molecule has 0 spiro atoms. The topological polar surface area (TPSA) is 66.3 Å². The first-order chi connectivity index (χ1) is 7.50. The molecular weight excluding hydrogens is 226 g/mol. The van der Waals surface area contributed by atoms with Gasteiger partial charge in [-0.1, -0.05) is 11.3 Å². The van der Waals surface area contributed by atoms with Crippen LogP contribution in [0.15, 0.2) is 0 Å². The first-order valence-corrected chi connectivity index (χ1v) is 6.11. The van der Waals surface area contributed by atoms with Gasteiger partial charge in [0.25, 0.3) is 0 Å². The Kier molecular flexibility index (Phi) is 4.67. The molecular formula is C10H17N3O2S. The van der Waals surface area contributed by atoms with Crippen LogP contribution in [-0.4, -0.2) is 33.9 Å². The lowest BCUT2D eigenvalue weighted by Gasteiger charge is -2.25. The van der Waals surface area contributed by atoms with Crippen LogP contribution in [0.1, 0.15) is 31.7 Å². The third-order valence-corrected chi connectivity index (χ3v) is 3.05. The summed E-state index contributed by atoms with van der Waals surface area (Å²) in [5.41, 5.74) is 0. The number of aromatic nitrogens is 2. The second-order valence-electron chi connectivity index (χ2n) is 3.89. The van der Waals surface area contributed by atoms with Gasteiger partial charge in [-0.05, 0) is 27.2 Å². The third-order valence-electron chi connectivity index (χ3n) is 2.17. The van der Waals surface area contributed by atoms with Gasteiger partial charge in [0.1, 0.15) is 5.01 Å². The van der Waals surface area contributed by atoms with Crippen LogP contribution in [0.3, 0.4) is 0 Å². The number of hydrogen-bond acceptors (Lipinski definition) is 5. The maximum absolute atomic E-state index is 10.4. The second-order valence-corrected chi connectivity index (χ2v) is 5.05. The SMILES string of the molecule is Cc1nnc(N(CCCC(=O)O)C(C)C)s1. The zero-order valence-corrected chi connectivity index (χ0v) is 10.6. The normalized spacial score (nSPS) is 10.8. The molecule has 1 rings (SSSR count). The fourth-order valence-electron chi connectivity index (χ4n) is 1.38. The van der Waals surface area contributed by atoms with E-state index in [0.29, 0.717) is 19.0 Å². The molecule has 0 unspecified atom stereocenters. The molecule has 1 aromatic rings. The van der Waals surface area contributed by atoms with Crippen LogP contribution in [0.25, 0.3) is 0 Å². The lowest BCUT2D eigenvalue weighted by Crippen LogP contribution is -2.31. The van der Waals surface area contributed by atoms with Crippen molar-refractivity contribution in [3.05, 3.63) is 5.01 Å². The van der Waals surface area contributed by atoms with E-state index in [9.17, 15) is 4.79 Å². The van der Waals surface area contributed by atoms with Crippen LogP contribution < -0.4 is 4.90 Å². The van der Waals surface area contributed by atoms with E-state index >= 15 is 0 Å². The number of carboxylic acid groups (broad SMARTS) is 1. The molecule has 0 saturated heterocycles. The molecule has 6 heteroatoms. The van der Waals surface area contributed by atoms with Crippen LogP contribution >= 0.6 is 11.3 Å². The van der Waals surface area contributed by atoms with Crippen molar-refractivity contribution >= 4 is 22.4 Å². The maximum atomic E-state index is 10.4. The van der Waals surface area contributed by atoms with Crippen molar-refractivity contribution in [3.63, 3.8) is 0 Å². The minimum atomic E-state index is -0.753. The van der Waals surface area contributed by atoms with E-state index in [2.05, 4.69) is 28.9 Å². The number of carboxylic acids is 1. The van der Waals surface area contributed by atoms with E-state index in [1.807, 2.05) is 6.92 Å². The zero-order chi connectivity index (χ0) is 12.1. The Morgan fingerprint density at radius 1 is 1.50 bits per heavy atom. The van der Waals surface area contributed by atoms with Crippen LogP contribution in [0.5, 0.6) is 0 Å². The molecule has 5 nitrogen and oxygen atoms in total. The van der Waals surface area contributed by atoms with E-state index in [1.54, 1.807) is 0 Å². The standard InChI is InChI=1S/C10H17N3O2S/c1-7(2)13(6-4-5-9(14)15)10-12-11-8(3)16-10/h7H,4-6H2,1-3H3,(H,14,15). The van der Waals surface area contributed by atoms with E-state index in [1.165, 1.54) is 11.3 Å². The molecule has 1 heterocycles. The molecule has 0 atom stereocenters. The van der Waals surface area contributed by atoms with Crippen molar-refractivity contribution in [2.45, 2.75) is 39.7 Å². The van der Waals surface area contributed by atoms with Gasteiger partial charge in [-0.3, -0.25) is 4.79 Å². The monoisotopic (exact) mass is 243 g/mol. The number of aliphatic carboxylic acids is 1. The molecule has 0 bridgehead atoms. The lowest BCUT2D eigenvalue weighted by molar-refractivity contribution is -0.137. The van der Waals surface area contributed by atoms with Gasteiger partial charge in [-0.2, -0.15) is 0 Å². The summed E-state index contributed by atoms with van der Waals surface area (Å²) < 4.78 is 0. The Morgan fingerprint density at radius 2 is 2.19 bits per heavy atom. The van der Waals surface area contributed by atoms with Crippen molar-refractivity contribution in [2.75, 3.05) is 11.4 Å². The Hall–Kier alpha value is -1.17. The average molecular weight is 243 g/mol.